The minimum Gasteiger partial charge on any atom is -0.491 e. The maximum Gasteiger partial charge on any atom is 0.257 e. The molecule has 0 unspecified atom stereocenters. The van der Waals surface area contributed by atoms with Crippen molar-refractivity contribution in [3.63, 3.8) is 0 Å². The Morgan fingerprint density at radius 1 is 1.24 bits per heavy atom. The summed E-state index contributed by atoms with van der Waals surface area (Å²) in [7, 11) is 3.48. The van der Waals surface area contributed by atoms with Crippen LogP contribution < -0.4 is 10.1 Å². The van der Waals surface area contributed by atoms with E-state index in [9.17, 15) is 9.59 Å². The number of nitrogens with one attached hydrogen (secondary N) is 1. The lowest BCUT2D eigenvalue weighted by molar-refractivity contribution is -0.122. The summed E-state index contributed by atoms with van der Waals surface area (Å²) in [6, 6.07) is 5.33. The van der Waals surface area contributed by atoms with Gasteiger partial charge in [0.1, 0.15) is 17.4 Å². The van der Waals surface area contributed by atoms with Gasteiger partial charge in [-0.05, 0) is 37.8 Å². The highest BCUT2D eigenvalue weighted by Crippen LogP contribution is 2.28. The highest BCUT2D eigenvalue weighted by Gasteiger charge is 2.29. The van der Waals surface area contributed by atoms with Crippen LogP contribution in [0.4, 0.5) is 5.69 Å². The number of fused-ring (bicyclic) bond motifs is 1. The lowest BCUT2D eigenvalue weighted by atomic mass is 9.99. The quantitative estimate of drug-likeness (QED) is 0.632. The molecule has 202 valence electrons. The second-order valence-corrected chi connectivity index (χ2v) is 11.0. The van der Waals surface area contributed by atoms with E-state index >= 15 is 0 Å². The number of nitrogens with zero attached hydrogens (tertiary/aromatic N) is 3. The van der Waals surface area contributed by atoms with E-state index in [0.717, 1.165) is 11.6 Å². The van der Waals surface area contributed by atoms with Gasteiger partial charge >= 0.3 is 0 Å². The average Bonchev–Trinajstić information content (AvgIpc) is 3.42. The van der Waals surface area contributed by atoms with Crippen LogP contribution in [0.25, 0.3) is 0 Å². The largest absolute Gasteiger partial charge is 0.491 e. The SMILES string of the molecule is CO[C@@H]1CN(C)C(=O)c2ccc(NC(=O)C3CCOCC3)cc2OC[C@H](C)N(Cc2nccs2)C[C@@H]1C. The summed E-state index contributed by atoms with van der Waals surface area (Å²) >= 11 is 1.64. The lowest BCUT2D eigenvalue weighted by Gasteiger charge is -2.35. The molecule has 1 aromatic carbocycles. The minimum absolute atomic E-state index is 0.0280. The lowest BCUT2D eigenvalue weighted by Crippen LogP contribution is -2.46. The van der Waals surface area contributed by atoms with Crippen molar-refractivity contribution < 1.29 is 23.8 Å². The van der Waals surface area contributed by atoms with Gasteiger partial charge in [-0.15, -0.1) is 11.3 Å². The third kappa shape index (κ3) is 7.07. The van der Waals surface area contributed by atoms with Gasteiger partial charge in [0.2, 0.25) is 5.91 Å². The molecular weight excluding hydrogens is 492 g/mol. The van der Waals surface area contributed by atoms with E-state index in [4.69, 9.17) is 14.2 Å². The smallest absolute Gasteiger partial charge is 0.257 e. The Morgan fingerprint density at radius 3 is 2.73 bits per heavy atom. The number of anilines is 1. The van der Waals surface area contributed by atoms with Crippen LogP contribution in [-0.4, -0.2) is 85.8 Å². The summed E-state index contributed by atoms with van der Waals surface area (Å²) in [5.74, 6) is 0.407. The first-order valence-corrected chi connectivity index (χ1v) is 13.8. The van der Waals surface area contributed by atoms with E-state index in [1.54, 1.807) is 48.6 Å². The van der Waals surface area contributed by atoms with Gasteiger partial charge in [0.05, 0.1) is 18.2 Å². The summed E-state index contributed by atoms with van der Waals surface area (Å²) in [6.07, 6.45) is 3.12. The van der Waals surface area contributed by atoms with Gasteiger partial charge in [0.15, 0.2) is 0 Å². The van der Waals surface area contributed by atoms with Gasteiger partial charge in [-0.3, -0.25) is 14.5 Å². The first-order chi connectivity index (χ1) is 17.9. The Hall–Kier alpha value is -2.53. The van der Waals surface area contributed by atoms with Crippen molar-refractivity contribution in [3.8, 4) is 5.75 Å². The summed E-state index contributed by atoms with van der Waals surface area (Å²) in [5.41, 5.74) is 1.08. The van der Waals surface area contributed by atoms with E-state index in [2.05, 4.69) is 29.0 Å². The molecule has 0 bridgehead atoms. The molecule has 1 N–H and O–H groups in total. The molecule has 2 aliphatic heterocycles. The van der Waals surface area contributed by atoms with Crippen LogP contribution in [0.2, 0.25) is 0 Å². The van der Waals surface area contributed by atoms with Gasteiger partial charge in [0, 0.05) is 75.8 Å². The topological polar surface area (TPSA) is 93.2 Å². The zero-order chi connectivity index (χ0) is 26.4. The zero-order valence-electron chi connectivity index (χ0n) is 22.1. The standard InChI is InChI=1S/C27H38N4O5S/c1-18-14-31(16-25-28-9-12-37-25)19(2)17-36-23-13-21(29-26(32)20-7-10-35-11-8-20)5-6-22(23)27(33)30(3)15-24(18)34-4/h5-6,9,12-13,18-20,24H,7-8,10-11,14-17H2,1-4H3,(H,29,32)/t18-,19-,24+/m0/s1. The van der Waals surface area contributed by atoms with Crippen LogP contribution in [0.5, 0.6) is 5.75 Å². The summed E-state index contributed by atoms with van der Waals surface area (Å²) in [5, 5.41) is 6.04. The summed E-state index contributed by atoms with van der Waals surface area (Å²) in [6.45, 7) is 7.81. The Balaban J connectivity index is 1.59. The second kappa shape index (κ2) is 12.8. The molecule has 1 saturated heterocycles. The van der Waals surface area contributed by atoms with Crippen LogP contribution in [0.15, 0.2) is 29.8 Å². The van der Waals surface area contributed by atoms with Crippen molar-refractivity contribution in [2.45, 2.75) is 45.4 Å². The van der Waals surface area contributed by atoms with Gasteiger partial charge in [-0.2, -0.15) is 0 Å². The molecule has 2 amide bonds. The predicted octanol–water partition coefficient (Wildman–Crippen LogP) is 3.51. The predicted molar refractivity (Wildman–Crippen MR) is 143 cm³/mol. The van der Waals surface area contributed by atoms with Crippen LogP contribution >= 0.6 is 11.3 Å². The van der Waals surface area contributed by atoms with Crippen LogP contribution in [0, 0.1) is 11.8 Å². The third-order valence-corrected chi connectivity index (χ3v) is 8.02. The van der Waals surface area contributed by atoms with E-state index in [-0.39, 0.29) is 35.8 Å². The Morgan fingerprint density at radius 2 is 2.03 bits per heavy atom. The third-order valence-electron chi connectivity index (χ3n) is 7.26. The van der Waals surface area contributed by atoms with E-state index in [0.29, 0.717) is 62.8 Å². The number of ether oxygens (including phenoxy) is 3. The fourth-order valence-corrected chi connectivity index (χ4v) is 5.49. The summed E-state index contributed by atoms with van der Waals surface area (Å²) < 4.78 is 17.5. The van der Waals surface area contributed by atoms with Gasteiger partial charge in [-0.1, -0.05) is 6.92 Å². The molecule has 3 heterocycles. The first kappa shape index (κ1) is 27.5. The number of likely N-dealkylation sites (N-methyl/N-ethyl adjacent to an activating group) is 1. The molecule has 2 aliphatic rings. The molecule has 0 radical (unpaired) electrons. The second-order valence-electron chi connectivity index (χ2n) is 10.0. The number of carbonyl (C=O) groups is 2. The number of methoxy groups -OCH3 is 1. The van der Waals surface area contributed by atoms with Crippen molar-refractivity contribution in [1.29, 1.82) is 0 Å². The normalized spacial score (nSPS) is 24.5. The van der Waals surface area contributed by atoms with Crippen LogP contribution in [-0.2, 0) is 20.8 Å². The van der Waals surface area contributed by atoms with Crippen molar-refractivity contribution in [3.05, 3.63) is 40.3 Å². The molecule has 0 aliphatic carbocycles. The zero-order valence-corrected chi connectivity index (χ0v) is 23.0. The molecule has 10 heteroatoms. The minimum atomic E-state index is -0.139. The molecule has 0 spiro atoms. The molecular formula is C27H38N4O5S. The Labute approximate surface area is 223 Å². The van der Waals surface area contributed by atoms with E-state index in [1.807, 2.05) is 11.6 Å². The van der Waals surface area contributed by atoms with Gasteiger partial charge < -0.3 is 24.4 Å². The van der Waals surface area contributed by atoms with Crippen molar-refractivity contribution in [2.24, 2.45) is 11.8 Å². The molecule has 4 rings (SSSR count). The molecule has 1 aromatic heterocycles. The Bertz CT molecular complexity index is 1040. The highest BCUT2D eigenvalue weighted by atomic mass is 32.1. The van der Waals surface area contributed by atoms with E-state index < -0.39 is 0 Å². The monoisotopic (exact) mass is 530 g/mol. The number of hydrogen-bond donors (Lipinski definition) is 1. The number of hydrogen-bond acceptors (Lipinski definition) is 8. The fraction of sp³-hybridized carbons (Fsp3) is 0.593. The van der Waals surface area contributed by atoms with Gasteiger partial charge in [-0.25, -0.2) is 4.98 Å². The number of benzene rings is 1. The van der Waals surface area contributed by atoms with Crippen molar-refractivity contribution in [1.82, 2.24) is 14.8 Å². The van der Waals surface area contributed by atoms with Gasteiger partial charge in [0.25, 0.3) is 5.91 Å². The fourth-order valence-electron chi connectivity index (χ4n) is 4.85. The maximum absolute atomic E-state index is 13.4. The molecule has 1 fully saturated rings. The molecule has 3 atom stereocenters. The molecule has 9 nitrogen and oxygen atoms in total. The average molecular weight is 531 g/mol. The number of aromatic nitrogens is 1. The van der Waals surface area contributed by atoms with Crippen LogP contribution in [0.3, 0.4) is 0 Å². The van der Waals surface area contributed by atoms with E-state index in [1.165, 1.54) is 0 Å². The molecule has 2 aromatic rings. The molecule has 37 heavy (non-hydrogen) atoms. The maximum atomic E-state index is 13.4. The summed E-state index contributed by atoms with van der Waals surface area (Å²) in [4.78, 5) is 34.7. The highest BCUT2D eigenvalue weighted by molar-refractivity contribution is 7.09. The van der Waals surface area contributed by atoms with Crippen molar-refractivity contribution in [2.75, 3.05) is 52.4 Å². The Kier molecular flexibility index (Phi) is 9.53. The molecule has 0 saturated carbocycles. The number of amides is 2. The van der Waals surface area contributed by atoms with Crippen molar-refractivity contribution >= 4 is 28.8 Å². The number of thiazole rings is 1. The number of rotatable bonds is 5. The van der Waals surface area contributed by atoms with Crippen LogP contribution in [0.1, 0.15) is 42.1 Å². The first-order valence-electron chi connectivity index (χ1n) is 12.9. The number of carbonyl (C=O) groups excluding carboxylic acids is 2.